The molecule has 1 aromatic heterocycles. The van der Waals surface area contributed by atoms with Crippen LogP contribution >= 0.6 is 27.5 Å². The fraction of sp³-hybridized carbons (Fsp3) is 0.556. The molecule has 0 radical (unpaired) electrons. The summed E-state index contributed by atoms with van der Waals surface area (Å²) in [5.41, 5.74) is 0. The summed E-state index contributed by atoms with van der Waals surface area (Å²) in [5.74, 6) is 0.714. The highest BCUT2D eigenvalue weighted by atomic mass is 79.9. The third-order valence-electron chi connectivity index (χ3n) is 1.71. The van der Waals surface area contributed by atoms with Crippen LogP contribution in [0.15, 0.2) is 10.8 Å². The van der Waals surface area contributed by atoms with Crippen molar-refractivity contribution in [3.63, 3.8) is 0 Å². The molecular formula is C9H13BrClN3O. The first-order valence-corrected chi connectivity index (χ1v) is 5.90. The van der Waals surface area contributed by atoms with Crippen LogP contribution < -0.4 is 5.32 Å². The lowest BCUT2D eigenvalue weighted by atomic mass is 10.4. The van der Waals surface area contributed by atoms with Crippen LogP contribution in [0, 0.1) is 0 Å². The van der Waals surface area contributed by atoms with E-state index in [1.807, 2.05) is 6.92 Å². The van der Waals surface area contributed by atoms with Crippen molar-refractivity contribution in [3.05, 3.63) is 16.0 Å². The summed E-state index contributed by atoms with van der Waals surface area (Å²) in [7, 11) is 0. The van der Waals surface area contributed by atoms with Crippen molar-refractivity contribution >= 4 is 33.3 Å². The predicted octanol–water partition coefficient (Wildman–Crippen LogP) is 2.73. The first kappa shape index (κ1) is 12.7. The molecule has 0 aliphatic carbocycles. The van der Waals surface area contributed by atoms with Gasteiger partial charge in [0.25, 0.3) is 0 Å². The van der Waals surface area contributed by atoms with E-state index in [0.717, 1.165) is 26.2 Å². The van der Waals surface area contributed by atoms with Crippen molar-refractivity contribution in [2.75, 3.05) is 25.1 Å². The number of ether oxygens (including phenoxy) is 1. The third kappa shape index (κ3) is 4.32. The van der Waals surface area contributed by atoms with E-state index >= 15 is 0 Å². The van der Waals surface area contributed by atoms with Gasteiger partial charge in [-0.2, -0.15) is 0 Å². The molecule has 1 rings (SSSR count). The first-order chi connectivity index (χ1) is 7.25. The van der Waals surface area contributed by atoms with E-state index < -0.39 is 0 Å². The van der Waals surface area contributed by atoms with Crippen molar-refractivity contribution in [1.29, 1.82) is 0 Å². The third-order valence-corrected chi connectivity index (χ3v) is 2.97. The lowest BCUT2D eigenvalue weighted by Gasteiger charge is -2.07. The highest BCUT2D eigenvalue weighted by Crippen LogP contribution is 2.25. The van der Waals surface area contributed by atoms with Crippen LogP contribution in [0.3, 0.4) is 0 Å². The maximum absolute atomic E-state index is 5.81. The van der Waals surface area contributed by atoms with E-state index in [2.05, 4.69) is 31.2 Å². The largest absolute Gasteiger partial charge is 0.382 e. The zero-order valence-corrected chi connectivity index (χ0v) is 10.8. The highest BCUT2D eigenvalue weighted by molar-refractivity contribution is 9.10. The molecule has 0 fully saturated rings. The average Bonchev–Trinajstić information content (AvgIpc) is 2.24. The Balaban J connectivity index is 2.34. The number of hydrogen-bond donors (Lipinski definition) is 1. The van der Waals surface area contributed by atoms with Crippen molar-refractivity contribution in [2.24, 2.45) is 0 Å². The number of hydrogen-bond acceptors (Lipinski definition) is 4. The van der Waals surface area contributed by atoms with Crippen LogP contribution in [-0.4, -0.2) is 29.7 Å². The number of anilines is 1. The Morgan fingerprint density at radius 2 is 2.33 bits per heavy atom. The fourth-order valence-electron chi connectivity index (χ4n) is 0.997. The molecule has 6 heteroatoms. The van der Waals surface area contributed by atoms with Gasteiger partial charge in [0, 0.05) is 19.8 Å². The molecule has 0 aromatic carbocycles. The minimum Gasteiger partial charge on any atom is -0.382 e. The molecule has 0 aliphatic rings. The average molecular weight is 295 g/mol. The van der Waals surface area contributed by atoms with Crippen LogP contribution in [0.5, 0.6) is 0 Å². The number of nitrogens with zero attached hydrogens (tertiary/aromatic N) is 2. The maximum Gasteiger partial charge on any atom is 0.148 e. The van der Waals surface area contributed by atoms with Gasteiger partial charge < -0.3 is 10.1 Å². The first-order valence-electron chi connectivity index (χ1n) is 4.73. The van der Waals surface area contributed by atoms with E-state index in [0.29, 0.717) is 15.4 Å². The molecule has 0 amide bonds. The molecule has 4 nitrogen and oxygen atoms in total. The van der Waals surface area contributed by atoms with Gasteiger partial charge in [0.05, 0.1) is 4.47 Å². The van der Waals surface area contributed by atoms with E-state index in [4.69, 9.17) is 16.3 Å². The Kier molecular flexibility index (Phi) is 5.90. The van der Waals surface area contributed by atoms with Gasteiger partial charge in [-0.05, 0) is 29.3 Å². The molecule has 0 saturated carbocycles. The van der Waals surface area contributed by atoms with Crippen molar-refractivity contribution in [2.45, 2.75) is 13.3 Å². The van der Waals surface area contributed by atoms with Gasteiger partial charge in [-0.25, -0.2) is 9.97 Å². The summed E-state index contributed by atoms with van der Waals surface area (Å²) in [4.78, 5) is 7.90. The minimum absolute atomic E-state index is 0.414. The summed E-state index contributed by atoms with van der Waals surface area (Å²) < 4.78 is 5.91. The molecule has 1 heterocycles. The second-order valence-electron chi connectivity index (χ2n) is 2.80. The predicted molar refractivity (Wildman–Crippen MR) is 64.3 cm³/mol. The van der Waals surface area contributed by atoms with Gasteiger partial charge in [-0.1, -0.05) is 11.6 Å². The molecular weight excluding hydrogens is 281 g/mol. The van der Waals surface area contributed by atoms with Crippen LogP contribution in [0.1, 0.15) is 13.3 Å². The molecule has 0 saturated heterocycles. The van der Waals surface area contributed by atoms with Gasteiger partial charge in [0.15, 0.2) is 0 Å². The van der Waals surface area contributed by atoms with Crippen molar-refractivity contribution in [3.8, 4) is 0 Å². The monoisotopic (exact) mass is 293 g/mol. The van der Waals surface area contributed by atoms with E-state index in [1.54, 1.807) is 0 Å². The summed E-state index contributed by atoms with van der Waals surface area (Å²) in [6, 6.07) is 0. The summed E-state index contributed by atoms with van der Waals surface area (Å²) >= 11 is 9.13. The second kappa shape index (κ2) is 6.98. The zero-order chi connectivity index (χ0) is 11.1. The van der Waals surface area contributed by atoms with Gasteiger partial charge in [-0.15, -0.1) is 0 Å². The Morgan fingerprint density at radius 3 is 3.07 bits per heavy atom. The van der Waals surface area contributed by atoms with Crippen LogP contribution in [0.2, 0.25) is 5.15 Å². The number of halogens is 2. The van der Waals surface area contributed by atoms with E-state index in [1.165, 1.54) is 6.33 Å². The van der Waals surface area contributed by atoms with Gasteiger partial charge in [0.1, 0.15) is 17.3 Å². The van der Waals surface area contributed by atoms with Crippen molar-refractivity contribution in [1.82, 2.24) is 9.97 Å². The van der Waals surface area contributed by atoms with Gasteiger partial charge in [-0.3, -0.25) is 0 Å². The van der Waals surface area contributed by atoms with Crippen molar-refractivity contribution < 1.29 is 4.74 Å². The summed E-state index contributed by atoms with van der Waals surface area (Å²) in [6.07, 6.45) is 2.36. The molecule has 0 spiro atoms. The second-order valence-corrected chi connectivity index (χ2v) is 3.96. The maximum atomic E-state index is 5.81. The molecule has 1 N–H and O–H groups in total. The van der Waals surface area contributed by atoms with Crippen LogP contribution in [-0.2, 0) is 4.74 Å². The quantitative estimate of drug-likeness (QED) is 0.647. The Labute approximate surface area is 103 Å². The molecule has 1 aromatic rings. The molecule has 0 aliphatic heterocycles. The van der Waals surface area contributed by atoms with Crippen LogP contribution in [0.4, 0.5) is 5.82 Å². The molecule has 15 heavy (non-hydrogen) atoms. The number of rotatable bonds is 6. The number of aromatic nitrogens is 2. The lowest BCUT2D eigenvalue weighted by Crippen LogP contribution is -2.07. The molecule has 0 bridgehead atoms. The molecule has 0 atom stereocenters. The highest BCUT2D eigenvalue weighted by Gasteiger charge is 2.05. The Bertz CT molecular complexity index is 311. The van der Waals surface area contributed by atoms with Crippen LogP contribution in [0.25, 0.3) is 0 Å². The number of nitrogens with one attached hydrogen (secondary N) is 1. The fourth-order valence-corrected chi connectivity index (χ4v) is 1.48. The smallest absolute Gasteiger partial charge is 0.148 e. The zero-order valence-electron chi connectivity index (χ0n) is 8.46. The molecule has 84 valence electrons. The molecule has 0 unspecified atom stereocenters. The lowest BCUT2D eigenvalue weighted by molar-refractivity contribution is 0.147. The normalized spacial score (nSPS) is 10.3. The van der Waals surface area contributed by atoms with Gasteiger partial charge in [0.2, 0.25) is 0 Å². The Hall–Kier alpha value is -0.390. The Morgan fingerprint density at radius 1 is 1.53 bits per heavy atom. The topological polar surface area (TPSA) is 47.0 Å². The van der Waals surface area contributed by atoms with E-state index in [9.17, 15) is 0 Å². The SMILES string of the molecule is CCOCCCNc1ncnc(Cl)c1Br. The van der Waals surface area contributed by atoms with E-state index in [-0.39, 0.29) is 0 Å². The van der Waals surface area contributed by atoms with Gasteiger partial charge >= 0.3 is 0 Å². The standard InChI is InChI=1S/C9H13BrClN3O/c1-2-15-5-3-4-12-9-7(10)8(11)13-6-14-9/h6H,2-5H2,1H3,(H,12,13,14). The summed E-state index contributed by atoms with van der Waals surface area (Å²) in [6.45, 7) is 4.28. The minimum atomic E-state index is 0.414. The summed E-state index contributed by atoms with van der Waals surface area (Å²) in [5, 5.41) is 3.56.